The number of carbonyl (C=O) groups excluding carboxylic acids is 1. The van der Waals surface area contributed by atoms with Crippen LogP contribution in [0.25, 0.3) is 11.1 Å². The summed E-state index contributed by atoms with van der Waals surface area (Å²) in [5.74, 6) is -0.0911. The Balaban J connectivity index is 2.16. The fourth-order valence-corrected chi connectivity index (χ4v) is 1.51. The molecule has 0 N–H and O–H groups in total. The van der Waals surface area contributed by atoms with E-state index < -0.39 is 5.97 Å². The fraction of sp³-hybridized carbons (Fsp3) is 0.0714. The van der Waals surface area contributed by atoms with Gasteiger partial charge in [0.15, 0.2) is 0 Å². The van der Waals surface area contributed by atoms with Gasteiger partial charge in [-0.25, -0.2) is 0 Å². The molecule has 1 radical (unpaired) electrons. The lowest BCUT2D eigenvalue weighted by molar-refractivity contribution is -0.131. The minimum atomic E-state index is -0.450. The van der Waals surface area contributed by atoms with Crippen molar-refractivity contribution in [3.8, 4) is 16.9 Å². The van der Waals surface area contributed by atoms with Crippen LogP contribution in [0, 0.1) is 6.07 Å². The minimum absolute atomic E-state index is 0.143. The van der Waals surface area contributed by atoms with Crippen molar-refractivity contribution in [1.82, 2.24) is 0 Å². The number of hydrogen-bond donors (Lipinski definition) is 0. The molecule has 3 heteroatoms. The zero-order valence-electron chi connectivity index (χ0n) is 9.02. The van der Waals surface area contributed by atoms with E-state index >= 15 is 0 Å². The quantitative estimate of drug-likeness (QED) is 0.471. The molecule has 2 aromatic rings. The summed E-state index contributed by atoms with van der Waals surface area (Å²) in [6.45, 7) is 0. The molecule has 0 aliphatic heterocycles. The summed E-state index contributed by atoms with van der Waals surface area (Å²) in [6, 6.07) is 17.9. The average molecular weight is 246 g/mol. The molecule has 0 amide bonds. The number of halogens is 1. The van der Waals surface area contributed by atoms with Crippen molar-refractivity contribution in [2.24, 2.45) is 0 Å². The van der Waals surface area contributed by atoms with E-state index in [-0.39, 0.29) is 5.88 Å². The van der Waals surface area contributed by atoms with Crippen molar-refractivity contribution >= 4 is 17.6 Å². The molecule has 2 aromatic carbocycles. The molecule has 0 heterocycles. The SMILES string of the molecule is O=C(CCl)Oc1ccc(-c2cc[c]cc2)cc1. The normalized spacial score (nSPS) is 9.94. The summed E-state index contributed by atoms with van der Waals surface area (Å²) in [4.78, 5) is 11.0. The second-order valence-corrected chi connectivity index (χ2v) is 3.69. The molecular weight excluding hydrogens is 236 g/mol. The van der Waals surface area contributed by atoms with Gasteiger partial charge < -0.3 is 4.74 Å². The van der Waals surface area contributed by atoms with Crippen LogP contribution in [0.15, 0.2) is 48.5 Å². The zero-order valence-corrected chi connectivity index (χ0v) is 9.78. The second kappa shape index (κ2) is 5.51. The molecule has 2 rings (SSSR count). The number of hydrogen-bond acceptors (Lipinski definition) is 2. The molecule has 0 aliphatic rings. The first kappa shape index (κ1) is 11.7. The zero-order chi connectivity index (χ0) is 12.1. The number of ether oxygens (including phenoxy) is 1. The van der Waals surface area contributed by atoms with Crippen molar-refractivity contribution in [1.29, 1.82) is 0 Å². The van der Waals surface area contributed by atoms with Gasteiger partial charge in [-0.1, -0.05) is 36.4 Å². The highest BCUT2D eigenvalue weighted by Gasteiger charge is 2.02. The van der Waals surface area contributed by atoms with Gasteiger partial charge in [0, 0.05) is 0 Å². The Bertz CT molecular complexity index is 491. The maximum Gasteiger partial charge on any atom is 0.326 e. The summed E-state index contributed by atoms with van der Waals surface area (Å²) in [6.07, 6.45) is 0. The third kappa shape index (κ3) is 3.08. The van der Waals surface area contributed by atoms with Crippen LogP contribution in [0.4, 0.5) is 0 Å². The van der Waals surface area contributed by atoms with Gasteiger partial charge in [0.25, 0.3) is 0 Å². The summed E-state index contributed by atoms with van der Waals surface area (Å²) in [5.41, 5.74) is 2.16. The van der Waals surface area contributed by atoms with E-state index in [1.165, 1.54) is 0 Å². The largest absolute Gasteiger partial charge is 0.426 e. The van der Waals surface area contributed by atoms with Crippen LogP contribution in [0.5, 0.6) is 5.75 Å². The molecule has 0 aliphatic carbocycles. The van der Waals surface area contributed by atoms with Crippen LogP contribution in [0.1, 0.15) is 0 Å². The molecule has 0 saturated heterocycles. The van der Waals surface area contributed by atoms with Gasteiger partial charge in [0.05, 0.1) is 0 Å². The van der Waals surface area contributed by atoms with Gasteiger partial charge >= 0.3 is 5.97 Å². The molecule has 17 heavy (non-hydrogen) atoms. The van der Waals surface area contributed by atoms with Gasteiger partial charge in [0.1, 0.15) is 11.6 Å². The maximum atomic E-state index is 11.0. The molecule has 0 bridgehead atoms. The Kier molecular flexibility index (Phi) is 3.78. The Morgan fingerprint density at radius 2 is 1.65 bits per heavy atom. The topological polar surface area (TPSA) is 26.3 Å². The standard InChI is InChI=1S/C14H10ClO2/c15-10-14(16)17-13-8-6-12(7-9-13)11-4-2-1-3-5-11/h2-9H,10H2. The van der Waals surface area contributed by atoms with E-state index in [1.54, 1.807) is 12.1 Å². The molecule has 0 aromatic heterocycles. The smallest absolute Gasteiger partial charge is 0.326 e. The highest BCUT2D eigenvalue weighted by molar-refractivity contribution is 6.26. The van der Waals surface area contributed by atoms with Gasteiger partial charge in [-0.3, -0.25) is 4.79 Å². The summed E-state index contributed by atoms with van der Waals surface area (Å²) >= 11 is 5.35. The summed E-state index contributed by atoms with van der Waals surface area (Å²) in [7, 11) is 0. The Hall–Kier alpha value is -1.80. The summed E-state index contributed by atoms with van der Waals surface area (Å²) in [5, 5.41) is 0. The average Bonchev–Trinajstić information content (AvgIpc) is 2.40. The number of esters is 1. The van der Waals surface area contributed by atoms with Crippen LogP contribution in [0.2, 0.25) is 0 Å². The van der Waals surface area contributed by atoms with Crippen molar-refractivity contribution in [3.05, 3.63) is 54.6 Å². The lowest BCUT2D eigenvalue weighted by atomic mass is 10.1. The molecule has 0 fully saturated rings. The molecular formula is C14H10ClO2. The Morgan fingerprint density at radius 1 is 1.06 bits per heavy atom. The Labute approximate surface area is 105 Å². The van der Waals surface area contributed by atoms with Crippen LogP contribution in [0.3, 0.4) is 0 Å². The molecule has 0 unspecified atom stereocenters. The van der Waals surface area contributed by atoms with E-state index in [4.69, 9.17) is 16.3 Å². The summed E-state index contributed by atoms with van der Waals surface area (Å²) < 4.78 is 4.98. The van der Waals surface area contributed by atoms with Crippen LogP contribution in [-0.4, -0.2) is 11.8 Å². The number of rotatable bonds is 3. The first-order valence-electron chi connectivity index (χ1n) is 5.13. The number of alkyl halides is 1. The van der Waals surface area contributed by atoms with E-state index in [2.05, 4.69) is 6.07 Å². The van der Waals surface area contributed by atoms with Crippen molar-refractivity contribution in [2.45, 2.75) is 0 Å². The van der Waals surface area contributed by atoms with Crippen molar-refractivity contribution in [3.63, 3.8) is 0 Å². The maximum absolute atomic E-state index is 11.0. The third-order valence-corrected chi connectivity index (χ3v) is 2.46. The minimum Gasteiger partial charge on any atom is -0.426 e. The fourth-order valence-electron chi connectivity index (χ4n) is 1.45. The highest BCUT2D eigenvalue weighted by Crippen LogP contribution is 2.21. The third-order valence-electron chi connectivity index (χ3n) is 2.25. The number of carbonyl (C=O) groups is 1. The molecule has 0 spiro atoms. The van der Waals surface area contributed by atoms with Gasteiger partial charge in [-0.15, -0.1) is 11.6 Å². The monoisotopic (exact) mass is 245 g/mol. The predicted molar refractivity (Wildman–Crippen MR) is 67.1 cm³/mol. The lowest BCUT2D eigenvalue weighted by Gasteiger charge is -2.04. The molecule has 0 saturated carbocycles. The first-order valence-corrected chi connectivity index (χ1v) is 5.66. The molecule has 85 valence electrons. The van der Waals surface area contributed by atoms with E-state index in [0.717, 1.165) is 11.1 Å². The number of benzene rings is 2. The van der Waals surface area contributed by atoms with E-state index in [9.17, 15) is 4.79 Å². The second-order valence-electron chi connectivity index (χ2n) is 3.42. The van der Waals surface area contributed by atoms with Gasteiger partial charge in [-0.2, -0.15) is 0 Å². The van der Waals surface area contributed by atoms with Crippen LogP contribution < -0.4 is 4.74 Å². The van der Waals surface area contributed by atoms with E-state index in [1.807, 2.05) is 36.4 Å². The van der Waals surface area contributed by atoms with Crippen LogP contribution in [-0.2, 0) is 4.79 Å². The lowest BCUT2D eigenvalue weighted by Crippen LogP contribution is -2.08. The van der Waals surface area contributed by atoms with Crippen LogP contribution >= 0.6 is 11.6 Å². The molecule has 0 atom stereocenters. The van der Waals surface area contributed by atoms with Gasteiger partial charge in [0.2, 0.25) is 0 Å². The molecule has 2 nitrogen and oxygen atoms in total. The van der Waals surface area contributed by atoms with Crippen molar-refractivity contribution < 1.29 is 9.53 Å². The van der Waals surface area contributed by atoms with Crippen molar-refractivity contribution in [2.75, 3.05) is 5.88 Å². The van der Waals surface area contributed by atoms with E-state index in [0.29, 0.717) is 5.75 Å². The van der Waals surface area contributed by atoms with Gasteiger partial charge in [-0.05, 0) is 29.3 Å². The highest BCUT2D eigenvalue weighted by atomic mass is 35.5. The predicted octanol–water partition coefficient (Wildman–Crippen LogP) is 3.30. The first-order chi connectivity index (χ1) is 8.29. The Morgan fingerprint density at radius 3 is 2.24 bits per heavy atom.